The van der Waals surface area contributed by atoms with E-state index < -0.39 is 0 Å². The Labute approximate surface area is 117 Å². The summed E-state index contributed by atoms with van der Waals surface area (Å²) in [5.41, 5.74) is 12.5. The van der Waals surface area contributed by atoms with Gasteiger partial charge in [-0.05, 0) is 55.2 Å². The first-order valence-electron chi connectivity index (χ1n) is 6.07. The van der Waals surface area contributed by atoms with Crippen molar-refractivity contribution in [2.75, 3.05) is 0 Å². The lowest BCUT2D eigenvalue weighted by Gasteiger charge is -2.17. The fourth-order valence-corrected chi connectivity index (χ4v) is 2.92. The van der Waals surface area contributed by atoms with Crippen molar-refractivity contribution in [1.82, 2.24) is 0 Å². The Hall–Kier alpha value is -1.12. The van der Waals surface area contributed by atoms with Crippen molar-refractivity contribution in [3.63, 3.8) is 0 Å². The van der Waals surface area contributed by atoms with E-state index in [1.165, 1.54) is 22.3 Å². The molecule has 0 bridgehead atoms. The van der Waals surface area contributed by atoms with E-state index >= 15 is 0 Å². The third kappa shape index (κ3) is 2.82. The summed E-state index contributed by atoms with van der Waals surface area (Å²) >= 11 is 3.53. The quantitative estimate of drug-likeness (QED) is 0.873. The SMILES string of the molecule is Cc1cc(Br)cc(C(N)c2ccc(C)cc2C)c1. The second-order valence-corrected chi connectivity index (χ2v) is 5.82. The van der Waals surface area contributed by atoms with Crippen LogP contribution in [0.25, 0.3) is 0 Å². The van der Waals surface area contributed by atoms with Crippen LogP contribution in [0.1, 0.15) is 33.9 Å². The van der Waals surface area contributed by atoms with Crippen LogP contribution in [0.5, 0.6) is 0 Å². The maximum absolute atomic E-state index is 6.38. The smallest absolute Gasteiger partial charge is 0.0554 e. The molecule has 2 N–H and O–H groups in total. The number of rotatable bonds is 2. The van der Waals surface area contributed by atoms with Crippen molar-refractivity contribution in [1.29, 1.82) is 0 Å². The van der Waals surface area contributed by atoms with Crippen LogP contribution in [-0.4, -0.2) is 0 Å². The Bertz CT molecular complexity index is 555. The summed E-state index contributed by atoms with van der Waals surface area (Å²) in [4.78, 5) is 0. The molecule has 0 aliphatic rings. The molecule has 2 heteroatoms. The van der Waals surface area contributed by atoms with E-state index in [1.54, 1.807) is 0 Å². The number of nitrogens with two attached hydrogens (primary N) is 1. The predicted octanol–water partition coefficient (Wildman–Crippen LogP) is 4.42. The van der Waals surface area contributed by atoms with Gasteiger partial charge in [-0.2, -0.15) is 0 Å². The maximum Gasteiger partial charge on any atom is 0.0554 e. The topological polar surface area (TPSA) is 26.0 Å². The van der Waals surface area contributed by atoms with Crippen molar-refractivity contribution >= 4 is 15.9 Å². The fraction of sp³-hybridized carbons (Fsp3) is 0.250. The van der Waals surface area contributed by atoms with E-state index in [4.69, 9.17) is 5.73 Å². The summed E-state index contributed by atoms with van der Waals surface area (Å²) < 4.78 is 1.08. The van der Waals surface area contributed by atoms with Crippen molar-refractivity contribution in [2.24, 2.45) is 5.73 Å². The minimum atomic E-state index is -0.0678. The first-order chi connectivity index (χ1) is 8.47. The minimum absolute atomic E-state index is 0.0678. The Kier molecular flexibility index (Phi) is 3.88. The van der Waals surface area contributed by atoms with Crippen LogP contribution in [0.4, 0.5) is 0 Å². The highest BCUT2D eigenvalue weighted by Gasteiger charge is 2.12. The Morgan fingerprint density at radius 3 is 2.28 bits per heavy atom. The Morgan fingerprint density at radius 2 is 1.67 bits per heavy atom. The van der Waals surface area contributed by atoms with Gasteiger partial charge in [-0.15, -0.1) is 0 Å². The van der Waals surface area contributed by atoms with Crippen LogP contribution in [0, 0.1) is 20.8 Å². The predicted molar refractivity (Wildman–Crippen MR) is 80.8 cm³/mol. The molecule has 2 aromatic carbocycles. The summed E-state index contributed by atoms with van der Waals surface area (Å²) in [5, 5.41) is 0. The lowest BCUT2D eigenvalue weighted by molar-refractivity contribution is 0.858. The lowest BCUT2D eigenvalue weighted by atomic mass is 9.94. The highest BCUT2D eigenvalue weighted by Crippen LogP contribution is 2.26. The molecule has 1 atom stereocenters. The average Bonchev–Trinajstić information content (AvgIpc) is 2.26. The van der Waals surface area contributed by atoms with Crippen LogP contribution in [0.2, 0.25) is 0 Å². The second-order valence-electron chi connectivity index (χ2n) is 4.90. The van der Waals surface area contributed by atoms with Crippen molar-refractivity contribution in [2.45, 2.75) is 26.8 Å². The molecule has 2 rings (SSSR count). The van der Waals surface area contributed by atoms with Crippen LogP contribution in [0.3, 0.4) is 0 Å². The first-order valence-corrected chi connectivity index (χ1v) is 6.86. The van der Waals surface area contributed by atoms with Gasteiger partial charge in [0.15, 0.2) is 0 Å². The normalized spacial score (nSPS) is 12.5. The van der Waals surface area contributed by atoms with Gasteiger partial charge in [0.05, 0.1) is 6.04 Å². The summed E-state index contributed by atoms with van der Waals surface area (Å²) in [7, 11) is 0. The molecule has 0 saturated carbocycles. The number of aryl methyl sites for hydroxylation is 3. The summed E-state index contributed by atoms with van der Waals surface area (Å²) in [6.45, 7) is 6.31. The van der Waals surface area contributed by atoms with Crippen LogP contribution >= 0.6 is 15.9 Å². The molecule has 2 aromatic rings. The molecule has 94 valence electrons. The van der Waals surface area contributed by atoms with Gasteiger partial charge in [0, 0.05) is 4.47 Å². The molecule has 0 saturated heterocycles. The highest BCUT2D eigenvalue weighted by molar-refractivity contribution is 9.10. The second kappa shape index (κ2) is 5.25. The van der Waals surface area contributed by atoms with Gasteiger partial charge < -0.3 is 5.73 Å². The Morgan fingerprint density at radius 1 is 0.944 bits per heavy atom. The van der Waals surface area contributed by atoms with Crippen molar-refractivity contribution in [3.8, 4) is 0 Å². The monoisotopic (exact) mass is 303 g/mol. The lowest BCUT2D eigenvalue weighted by Crippen LogP contribution is -2.13. The maximum atomic E-state index is 6.38. The van der Waals surface area contributed by atoms with Crippen LogP contribution in [0.15, 0.2) is 40.9 Å². The number of hydrogen-bond donors (Lipinski definition) is 1. The van der Waals surface area contributed by atoms with Crippen LogP contribution < -0.4 is 5.73 Å². The number of halogens is 1. The Balaban J connectivity index is 2.44. The molecule has 1 nitrogen and oxygen atoms in total. The summed E-state index contributed by atoms with van der Waals surface area (Å²) in [6, 6.07) is 12.7. The summed E-state index contributed by atoms with van der Waals surface area (Å²) in [5.74, 6) is 0. The average molecular weight is 304 g/mol. The molecule has 18 heavy (non-hydrogen) atoms. The third-order valence-electron chi connectivity index (χ3n) is 3.18. The van der Waals surface area contributed by atoms with E-state index in [0.29, 0.717) is 0 Å². The van der Waals surface area contributed by atoms with Gasteiger partial charge in [-0.3, -0.25) is 0 Å². The molecule has 0 aromatic heterocycles. The van der Waals surface area contributed by atoms with Crippen molar-refractivity contribution in [3.05, 3.63) is 68.7 Å². The zero-order valence-electron chi connectivity index (χ0n) is 11.0. The summed E-state index contributed by atoms with van der Waals surface area (Å²) in [6.07, 6.45) is 0. The minimum Gasteiger partial charge on any atom is -0.320 e. The molecule has 0 aliphatic carbocycles. The molecule has 0 amide bonds. The molecule has 0 spiro atoms. The van der Waals surface area contributed by atoms with Gasteiger partial charge >= 0.3 is 0 Å². The molecule has 1 unspecified atom stereocenters. The first kappa shape index (κ1) is 13.3. The molecule has 0 fully saturated rings. The van der Waals surface area contributed by atoms with E-state index in [9.17, 15) is 0 Å². The van der Waals surface area contributed by atoms with E-state index in [0.717, 1.165) is 10.0 Å². The zero-order valence-corrected chi connectivity index (χ0v) is 12.6. The molecule has 0 radical (unpaired) electrons. The molecular formula is C16H18BrN. The largest absolute Gasteiger partial charge is 0.320 e. The highest BCUT2D eigenvalue weighted by atomic mass is 79.9. The van der Waals surface area contributed by atoms with E-state index in [-0.39, 0.29) is 6.04 Å². The van der Waals surface area contributed by atoms with Gasteiger partial charge in [0.1, 0.15) is 0 Å². The fourth-order valence-electron chi connectivity index (χ4n) is 2.30. The third-order valence-corrected chi connectivity index (χ3v) is 3.64. The standard InChI is InChI=1S/C16H18BrN/c1-10-4-5-15(12(3)6-10)16(18)13-7-11(2)8-14(17)9-13/h4-9,16H,18H2,1-3H3. The van der Waals surface area contributed by atoms with Crippen molar-refractivity contribution < 1.29 is 0 Å². The number of hydrogen-bond acceptors (Lipinski definition) is 1. The van der Waals surface area contributed by atoms with E-state index in [2.05, 4.69) is 73.1 Å². The zero-order chi connectivity index (χ0) is 13.3. The van der Waals surface area contributed by atoms with Gasteiger partial charge in [0.2, 0.25) is 0 Å². The molecular weight excluding hydrogens is 286 g/mol. The van der Waals surface area contributed by atoms with Crippen LogP contribution in [-0.2, 0) is 0 Å². The molecule has 0 aliphatic heterocycles. The van der Waals surface area contributed by atoms with Gasteiger partial charge in [-0.25, -0.2) is 0 Å². The van der Waals surface area contributed by atoms with E-state index in [1.807, 2.05) is 0 Å². The number of benzene rings is 2. The van der Waals surface area contributed by atoms with Gasteiger partial charge in [-0.1, -0.05) is 45.8 Å². The van der Waals surface area contributed by atoms with Gasteiger partial charge in [0.25, 0.3) is 0 Å². The molecule has 0 heterocycles.